The van der Waals surface area contributed by atoms with E-state index in [2.05, 4.69) is 78.4 Å². The average molecular weight is 1570 g/mol. The third kappa shape index (κ3) is 13.8. The molecule has 0 spiro atoms. The zero-order valence-electron chi connectivity index (χ0n) is 31.0. The topological polar surface area (TPSA) is 81.0 Å². The van der Waals surface area contributed by atoms with Gasteiger partial charge in [-0.05, 0) is 81.2 Å². The molecule has 3 heterocycles. The largest absolute Gasteiger partial charge is 1.00 e. The van der Waals surface area contributed by atoms with Crippen molar-refractivity contribution in [3.8, 4) is 67.5 Å². The van der Waals surface area contributed by atoms with Crippen molar-refractivity contribution in [2.75, 3.05) is 5.34 Å². The van der Waals surface area contributed by atoms with Crippen LogP contribution in [0, 0.1) is 0 Å². The first-order chi connectivity index (χ1) is 28.0. The summed E-state index contributed by atoms with van der Waals surface area (Å²) in [5.74, 6) is 0. The van der Waals surface area contributed by atoms with E-state index in [-0.39, 0.29) is 72.5 Å². The van der Waals surface area contributed by atoms with Crippen LogP contribution in [0.1, 0.15) is 0 Å². The van der Waals surface area contributed by atoms with Crippen molar-refractivity contribution in [2.24, 2.45) is 0 Å². The van der Waals surface area contributed by atoms with Gasteiger partial charge in [0.1, 0.15) is 0 Å². The zero-order valence-corrected chi connectivity index (χ0v) is 43.8. The molecule has 9 rings (SSSR count). The molecule has 0 radical (unpaired) electrons. The van der Waals surface area contributed by atoms with Gasteiger partial charge in [-0.25, -0.2) is 0 Å². The summed E-state index contributed by atoms with van der Waals surface area (Å²) in [4.78, 5) is 0. The minimum absolute atomic E-state index is 0. The van der Waals surface area contributed by atoms with Gasteiger partial charge < -0.3 is 30.6 Å². The van der Waals surface area contributed by atoms with Crippen molar-refractivity contribution < 1.29 is 67.1 Å². The van der Waals surface area contributed by atoms with Gasteiger partial charge in [-0.15, -0.1) is 23.2 Å². The third-order valence-corrected chi connectivity index (χ3v) is 10.5. The van der Waals surface area contributed by atoms with Gasteiger partial charge in [-0.1, -0.05) is 199 Å². The summed E-state index contributed by atoms with van der Waals surface area (Å²) in [6.45, 7) is 0. The van der Waals surface area contributed by atoms with E-state index in [1.165, 1.54) is 0 Å². The molecular formula is C46H32Au3Br3Cl2N6. The van der Waals surface area contributed by atoms with E-state index in [4.69, 9.17) is 23.2 Å². The van der Waals surface area contributed by atoms with Crippen LogP contribution in [-0.4, -0.2) is 20.6 Å². The number of hydrogen-bond acceptors (Lipinski definition) is 3. The van der Waals surface area contributed by atoms with Crippen LogP contribution in [-0.2, 0) is 67.1 Å². The second kappa shape index (κ2) is 27.3. The van der Waals surface area contributed by atoms with E-state index >= 15 is 0 Å². The standard InChI is InChI=1S/3C15H10BrN2.CH2Cl2.3Au/c3*16-13-14(11-7-3-1-4-8-11)17-18-15(13)12-9-5-2-6-10-12;2-1-3;;;/h3*1-10H;1H2;;;/q3*-1;;3*+1. The molecule has 6 nitrogen and oxygen atoms in total. The van der Waals surface area contributed by atoms with Crippen LogP contribution < -0.4 is 15.3 Å². The molecule has 0 aliphatic heterocycles. The molecule has 0 bridgehead atoms. The summed E-state index contributed by atoms with van der Waals surface area (Å²) >= 11 is 20.3. The third-order valence-electron chi connectivity index (χ3n) is 8.28. The number of benzene rings is 6. The van der Waals surface area contributed by atoms with Crippen LogP contribution in [0.5, 0.6) is 0 Å². The quantitative estimate of drug-likeness (QED) is 0.122. The Morgan fingerprint density at radius 1 is 0.317 bits per heavy atom. The van der Waals surface area contributed by atoms with Gasteiger partial charge in [0, 0.05) is 13.4 Å². The molecule has 0 unspecified atom stereocenters. The molecule has 0 saturated carbocycles. The van der Waals surface area contributed by atoms with Gasteiger partial charge >= 0.3 is 67.1 Å². The van der Waals surface area contributed by atoms with Crippen molar-refractivity contribution in [3.63, 3.8) is 0 Å². The van der Waals surface area contributed by atoms with Crippen LogP contribution in [0.2, 0.25) is 0 Å². The Kier molecular flexibility index (Phi) is 23.4. The number of aromatic nitrogens is 6. The summed E-state index contributed by atoms with van der Waals surface area (Å²) < 4.78 is 2.83. The smallest absolute Gasteiger partial charge is 0.574 e. The Morgan fingerprint density at radius 3 is 0.667 bits per heavy atom. The molecule has 0 fully saturated rings. The predicted octanol–water partition coefficient (Wildman–Crippen LogP) is 13.8. The summed E-state index contributed by atoms with van der Waals surface area (Å²) in [6, 6.07) is 60.3. The summed E-state index contributed by atoms with van der Waals surface area (Å²) in [7, 11) is 0. The van der Waals surface area contributed by atoms with E-state index in [1.54, 1.807) is 0 Å². The van der Waals surface area contributed by atoms with Crippen LogP contribution in [0.4, 0.5) is 0 Å². The first-order valence-electron chi connectivity index (χ1n) is 17.5. The maximum Gasteiger partial charge on any atom is 1.00 e. The van der Waals surface area contributed by atoms with E-state index in [9.17, 15) is 0 Å². The van der Waals surface area contributed by atoms with Gasteiger partial charge in [0.25, 0.3) is 0 Å². The fourth-order valence-electron chi connectivity index (χ4n) is 5.58. The SMILES string of the molecule is Brc1c(-c2ccccc2)n[n-]c1-c1ccccc1.Brc1c(-c2ccccc2)n[n-]c1-c1ccccc1.Brc1c(-c2ccccc2)n[n-]c1-c1ccccc1.ClCCl.[Au+].[Au+].[Au+]. The van der Waals surface area contributed by atoms with Crippen molar-refractivity contribution in [1.82, 2.24) is 30.6 Å². The molecule has 60 heavy (non-hydrogen) atoms. The Labute approximate surface area is 432 Å². The number of alkyl halides is 2. The maximum absolute atomic E-state index is 4.76. The van der Waals surface area contributed by atoms with E-state index in [1.807, 2.05) is 182 Å². The maximum atomic E-state index is 4.76. The van der Waals surface area contributed by atoms with Crippen molar-refractivity contribution in [3.05, 3.63) is 195 Å². The summed E-state index contributed by atoms with van der Waals surface area (Å²) in [5.41, 5.74) is 11.7. The molecular weight excluding hydrogens is 1540 g/mol. The molecule has 0 amide bonds. The minimum atomic E-state index is 0. The van der Waals surface area contributed by atoms with Gasteiger partial charge in [-0.2, -0.15) is 0 Å². The number of hydrogen-bond donors (Lipinski definition) is 0. The van der Waals surface area contributed by atoms with Gasteiger partial charge in [0.05, 0.1) is 22.4 Å². The van der Waals surface area contributed by atoms with Crippen molar-refractivity contribution in [1.29, 1.82) is 0 Å². The Hall–Kier alpha value is -2.81. The molecule has 0 aliphatic carbocycles. The van der Waals surface area contributed by atoms with Crippen LogP contribution in [0.25, 0.3) is 67.5 Å². The van der Waals surface area contributed by atoms with Crippen LogP contribution >= 0.6 is 71.0 Å². The van der Waals surface area contributed by atoms with Crippen LogP contribution in [0.15, 0.2) is 195 Å². The number of rotatable bonds is 6. The van der Waals surface area contributed by atoms with Crippen molar-refractivity contribution >= 4 is 71.0 Å². The van der Waals surface area contributed by atoms with Gasteiger partial charge in [0.2, 0.25) is 0 Å². The summed E-state index contributed by atoms with van der Waals surface area (Å²) in [5, 5.41) is 25.8. The fourth-order valence-corrected chi connectivity index (χ4v) is 7.43. The first-order valence-corrected chi connectivity index (χ1v) is 21.0. The Balaban J connectivity index is 0.000000227. The predicted molar refractivity (Wildman–Crippen MR) is 245 cm³/mol. The van der Waals surface area contributed by atoms with Crippen LogP contribution in [0.3, 0.4) is 0 Å². The van der Waals surface area contributed by atoms with E-state index < -0.39 is 0 Å². The molecule has 14 heteroatoms. The van der Waals surface area contributed by atoms with Crippen molar-refractivity contribution in [2.45, 2.75) is 0 Å². The molecule has 314 valence electrons. The molecule has 0 atom stereocenters. The normalized spacial score (nSPS) is 9.75. The second-order valence-electron chi connectivity index (χ2n) is 11.9. The zero-order chi connectivity index (χ0) is 39.8. The number of halogens is 5. The van der Waals surface area contributed by atoms with Gasteiger partial charge in [-0.3, -0.25) is 0 Å². The molecule has 6 aromatic carbocycles. The van der Waals surface area contributed by atoms with E-state index in [0.717, 1.165) is 81.0 Å². The Bertz CT molecular complexity index is 2090. The second-order valence-corrected chi connectivity index (χ2v) is 15.1. The molecule has 0 saturated heterocycles. The number of nitrogens with zero attached hydrogens (tertiary/aromatic N) is 6. The minimum Gasteiger partial charge on any atom is -0.574 e. The summed E-state index contributed by atoms with van der Waals surface area (Å²) in [6.07, 6.45) is 0. The fraction of sp³-hybridized carbons (Fsp3) is 0.0217. The van der Waals surface area contributed by atoms with Gasteiger partial charge in [0.15, 0.2) is 0 Å². The molecule has 3 aromatic heterocycles. The average Bonchev–Trinajstić information content (AvgIpc) is 3.99. The monoisotopic (exact) mass is 1570 g/mol. The molecule has 9 aromatic rings. The first kappa shape index (κ1) is 51.5. The molecule has 0 N–H and O–H groups in total. The van der Waals surface area contributed by atoms with E-state index in [0.29, 0.717) is 0 Å². The Morgan fingerprint density at radius 2 is 0.483 bits per heavy atom. The molecule has 0 aliphatic rings.